The molecule has 0 aromatic heterocycles. The zero-order chi connectivity index (χ0) is 12.7. The topological polar surface area (TPSA) is 18.5 Å². The smallest absolute Gasteiger partial charge is 0.0217 e. The van der Waals surface area contributed by atoms with Crippen LogP contribution in [-0.4, -0.2) is 62.2 Å². The summed E-state index contributed by atoms with van der Waals surface area (Å²) in [6.07, 6.45) is 5.21. The van der Waals surface area contributed by atoms with E-state index in [0.29, 0.717) is 6.04 Å². The molecule has 3 heteroatoms. The van der Waals surface area contributed by atoms with E-state index in [1.165, 1.54) is 45.3 Å². The third-order valence-corrected chi connectivity index (χ3v) is 4.06. The van der Waals surface area contributed by atoms with Gasteiger partial charge in [-0.3, -0.25) is 0 Å². The van der Waals surface area contributed by atoms with Crippen molar-refractivity contribution in [1.82, 2.24) is 15.1 Å². The maximum absolute atomic E-state index is 3.66. The first kappa shape index (κ1) is 14.9. The molecule has 3 nitrogen and oxygen atoms in total. The number of piperidine rings is 1. The maximum Gasteiger partial charge on any atom is 0.0217 e. The molecule has 17 heavy (non-hydrogen) atoms. The van der Waals surface area contributed by atoms with Crippen molar-refractivity contribution in [1.29, 1.82) is 0 Å². The third-order valence-electron chi connectivity index (χ3n) is 4.06. The van der Waals surface area contributed by atoms with Crippen LogP contribution in [0.3, 0.4) is 0 Å². The van der Waals surface area contributed by atoms with Gasteiger partial charge in [-0.05, 0) is 46.3 Å². The van der Waals surface area contributed by atoms with Gasteiger partial charge in [-0.15, -0.1) is 0 Å². The lowest BCUT2D eigenvalue weighted by atomic mass is 10.1. The van der Waals surface area contributed by atoms with Gasteiger partial charge >= 0.3 is 0 Å². The van der Waals surface area contributed by atoms with Gasteiger partial charge in [0, 0.05) is 31.7 Å². The van der Waals surface area contributed by atoms with Crippen LogP contribution in [0.1, 0.15) is 39.5 Å². The number of hydrogen-bond acceptors (Lipinski definition) is 3. The first-order valence-corrected chi connectivity index (χ1v) is 7.29. The summed E-state index contributed by atoms with van der Waals surface area (Å²) in [5.74, 6) is 0. The number of nitrogens with one attached hydrogen (secondary N) is 1. The Morgan fingerprint density at radius 2 is 2.00 bits per heavy atom. The molecular formula is C14H31N3. The van der Waals surface area contributed by atoms with Crippen LogP contribution in [0.15, 0.2) is 0 Å². The molecule has 1 fully saturated rings. The molecular weight excluding hydrogens is 210 g/mol. The molecule has 102 valence electrons. The Labute approximate surface area is 108 Å². The molecule has 1 N–H and O–H groups in total. The second kappa shape index (κ2) is 8.06. The van der Waals surface area contributed by atoms with Gasteiger partial charge in [0.05, 0.1) is 0 Å². The molecule has 0 spiro atoms. The molecule has 0 bridgehead atoms. The van der Waals surface area contributed by atoms with E-state index < -0.39 is 0 Å². The van der Waals surface area contributed by atoms with Gasteiger partial charge < -0.3 is 15.1 Å². The molecule has 0 aromatic rings. The molecule has 1 atom stereocenters. The Balaban J connectivity index is 2.18. The van der Waals surface area contributed by atoms with Crippen LogP contribution in [0, 0.1) is 0 Å². The fraction of sp³-hybridized carbons (Fsp3) is 1.00. The highest BCUT2D eigenvalue weighted by Gasteiger charge is 2.20. The summed E-state index contributed by atoms with van der Waals surface area (Å²) >= 11 is 0. The van der Waals surface area contributed by atoms with Crippen molar-refractivity contribution >= 4 is 0 Å². The summed E-state index contributed by atoms with van der Waals surface area (Å²) in [7, 11) is 4.41. The predicted octanol–water partition coefficient (Wildman–Crippen LogP) is 1.79. The Kier molecular flexibility index (Phi) is 7.09. The van der Waals surface area contributed by atoms with Crippen molar-refractivity contribution in [2.75, 3.05) is 40.3 Å². The monoisotopic (exact) mass is 241 g/mol. The summed E-state index contributed by atoms with van der Waals surface area (Å²) < 4.78 is 0. The summed E-state index contributed by atoms with van der Waals surface area (Å²) in [5.41, 5.74) is 0. The average molecular weight is 241 g/mol. The molecule has 1 unspecified atom stereocenters. The van der Waals surface area contributed by atoms with E-state index in [-0.39, 0.29) is 0 Å². The highest BCUT2D eigenvalue weighted by molar-refractivity contribution is 4.78. The molecule has 1 aliphatic heterocycles. The first-order valence-electron chi connectivity index (χ1n) is 7.29. The normalized spacial score (nSPS) is 22.6. The van der Waals surface area contributed by atoms with Crippen LogP contribution in [0.2, 0.25) is 0 Å². The van der Waals surface area contributed by atoms with E-state index in [4.69, 9.17) is 0 Å². The summed E-state index contributed by atoms with van der Waals surface area (Å²) in [5, 5.41) is 3.66. The molecule has 1 saturated heterocycles. The average Bonchev–Trinajstić information content (AvgIpc) is 2.35. The quantitative estimate of drug-likeness (QED) is 0.733. The number of rotatable bonds is 7. The van der Waals surface area contributed by atoms with Crippen LogP contribution in [0.5, 0.6) is 0 Å². The lowest BCUT2D eigenvalue weighted by molar-refractivity contribution is 0.133. The Morgan fingerprint density at radius 3 is 2.59 bits per heavy atom. The lowest BCUT2D eigenvalue weighted by Crippen LogP contribution is -2.47. The summed E-state index contributed by atoms with van der Waals surface area (Å²) in [6, 6.07) is 1.47. The van der Waals surface area contributed by atoms with Crippen molar-refractivity contribution in [3.8, 4) is 0 Å². The summed E-state index contributed by atoms with van der Waals surface area (Å²) in [4.78, 5) is 4.99. The Bertz CT molecular complexity index is 190. The minimum Gasteiger partial charge on any atom is -0.313 e. The highest BCUT2D eigenvalue weighted by atomic mass is 15.2. The van der Waals surface area contributed by atoms with Gasteiger partial charge in [0.15, 0.2) is 0 Å². The van der Waals surface area contributed by atoms with Crippen molar-refractivity contribution in [3.05, 3.63) is 0 Å². The van der Waals surface area contributed by atoms with Gasteiger partial charge in [0.2, 0.25) is 0 Å². The fourth-order valence-corrected chi connectivity index (χ4v) is 2.66. The van der Waals surface area contributed by atoms with E-state index >= 15 is 0 Å². The summed E-state index contributed by atoms with van der Waals surface area (Å²) in [6.45, 7) is 9.42. The van der Waals surface area contributed by atoms with Gasteiger partial charge in [-0.25, -0.2) is 0 Å². The van der Waals surface area contributed by atoms with Crippen LogP contribution in [-0.2, 0) is 0 Å². The Morgan fingerprint density at radius 1 is 1.29 bits per heavy atom. The molecule has 0 aromatic carbocycles. The number of likely N-dealkylation sites (tertiary alicyclic amines) is 1. The zero-order valence-electron chi connectivity index (χ0n) is 12.2. The second-order valence-electron chi connectivity index (χ2n) is 5.53. The van der Waals surface area contributed by atoms with E-state index in [9.17, 15) is 0 Å². The molecule has 0 saturated carbocycles. The van der Waals surface area contributed by atoms with E-state index in [2.05, 4.69) is 43.1 Å². The molecule has 0 amide bonds. The predicted molar refractivity (Wildman–Crippen MR) is 75.5 cm³/mol. The van der Waals surface area contributed by atoms with Crippen LogP contribution in [0.4, 0.5) is 0 Å². The molecule has 1 aliphatic rings. The van der Waals surface area contributed by atoms with Crippen molar-refractivity contribution in [2.45, 2.75) is 51.6 Å². The second-order valence-corrected chi connectivity index (χ2v) is 5.53. The molecule has 1 rings (SSSR count). The molecule has 1 heterocycles. The zero-order valence-corrected chi connectivity index (χ0v) is 12.2. The fourth-order valence-electron chi connectivity index (χ4n) is 2.66. The van der Waals surface area contributed by atoms with Crippen LogP contribution >= 0.6 is 0 Å². The minimum absolute atomic E-state index is 0.712. The van der Waals surface area contributed by atoms with Gasteiger partial charge in [0.1, 0.15) is 0 Å². The van der Waals surface area contributed by atoms with Gasteiger partial charge in [0.25, 0.3) is 0 Å². The first-order chi connectivity index (χ1) is 8.17. The van der Waals surface area contributed by atoms with Crippen molar-refractivity contribution < 1.29 is 0 Å². The Hall–Kier alpha value is -0.120. The number of hydrogen-bond donors (Lipinski definition) is 1. The third kappa shape index (κ3) is 5.36. The van der Waals surface area contributed by atoms with Crippen molar-refractivity contribution in [2.24, 2.45) is 0 Å². The largest absolute Gasteiger partial charge is 0.313 e. The number of likely N-dealkylation sites (N-methyl/N-ethyl adjacent to an activating group) is 1. The van der Waals surface area contributed by atoms with Crippen LogP contribution in [0.25, 0.3) is 0 Å². The SMILES string of the molecule is CCC(CC)NCCN1CCCC(N(C)C)C1. The molecule has 0 aliphatic carbocycles. The van der Waals surface area contributed by atoms with E-state index in [1.54, 1.807) is 0 Å². The lowest BCUT2D eigenvalue weighted by Gasteiger charge is -2.36. The van der Waals surface area contributed by atoms with E-state index in [0.717, 1.165) is 12.6 Å². The van der Waals surface area contributed by atoms with Gasteiger partial charge in [-0.2, -0.15) is 0 Å². The maximum atomic E-state index is 3.66. The minimum atomic E-state index is 0.712. The van der Waals surface area contributed by atoms with Crippen LogP contribution < -0.4 is 5.32 Å². The highest BCUT2D eigenvalue weighted by Crippen LogP contribution is 2.12. The standard InChI is InChI=1S/C14H31N3/c1-5-13(6-2)15-9-11-17-10-7-8-14(12-17)16(3)4/h13-15H,5-12H2,1-4H3. The van der Waals surface area contributed by atoms with Crippen molar-refractivity contribution in [3.63, 3.8) is 0 Å². The number of nitrogens with zero attached hydrogens (tertiary/aromatic N) is 2. The van der Waals surface area contributed by atoms with Gasteiger partial charge in [-0.1, -0.05) is 13.8 Å². The molecule has 0 radical (unpaired) electrons. The van der Waals surface area contributed by atoms with E-state index in [1.807, 2.05) is 0 Å².